The van der Waals surface area contributed by atoms with E-state index in [9.17, 15) is 4.39 Å². The lowest BCUT2D eigenvalue weighted by molar-refractivity contribution is 0.100. The second-order valence-corrected chi connectivity index (χ2v) is 4.99. The highest BCUT2D eigenvalue weighted by Gasteiger charge is 2.15. The van der Waals surface area contributed by atoms with Crippen molar-refractivity contribution >= 4 is 17.4 Å². The summed E-state index contributed by atoms with van der Waals surface area (Å²) in [7, 11) is 0. The van der Waals surface area contributed by atoms with E-state index < -0.39 is 0 Å². The largest absolute Gasteiger partial charge is 0.396 e. The summed E-state index contributed by atoms with van der Waals surface area (Å²) in [6.07, 6.45) is 2.08. The van der Waals surface area contributed by atoms with Crippen LogP contribution in [0.15, 0.2) is 23.1 Å². The van der Waals surface area contributed by atoms with Gasteiger partial charge in [-0.15, -0.1) is 11.8 Å². The van der Waals surface area contributed by atoms with Crippen molar-refractivity contribution in [3.05, 3.63) is 24.0 Å². The molecular formula is C11H14FNOS. The Balaban J connectivity index is 2.00. The molecule has 1 aliphatic heterocycles. The first kappa shape index (κ1) is 10.8. The summed E-state index contributed by atoms with van der Waals surface area (Å²) in [6, 6.07) is 5.00. The molecule has 1 aromatic rings. The standard InChI is InChI=1S/C11H14FNOS/c12-10-7-9(1-2-11(10)13)15-8-3-5-14-6-4-8/h1-2,7-8H,3-6,13H2. The Bertz CT molecular complexity index is 339. The summed E-state index contributed by atoms with van der Waals surface area (Å²) in [4.78, 5) is 0.952. The zero-order valence-corrected chi connectivity index (χ0v) is 9.23. The normalized spacial score (nSPS) is 17.9. The molecule has 1 heterocycles. The van der Waals surface area contributed by atoms with E-state index in [1.165, 1.54) is 6.07 Å². The minimum atomic E-state index is -0.327. The van der Waals surface area contributed by atoms with Gasteiger partial charge in [-0.2, -0.15) is 0 Å². The molecule has 0 bridgehead atoms. The van der Waals surface area contributed by atoms with Crippen molar-refractivity contribution in [3.8, 4) is 0 Å². The monoisotopic (exact) mass is 227 g/mol. The third kappa shape index (κ3) is 2.86. The van der Waals surface area contributed by atoms with E-state index in [0.29, 0.717) is 5.25 Å². The van der Waals surface area contributed by atoms with Gasteiger partial charge in [-0.3, -0.25) is 0 Å². The molecule has 0 aliphatic carbocycles. The second-order valence-electron chi connectivity index (χ2n) is 3.61. The van der Waals surface area contributed by atoms with Gasteiger partial charge in [-0.1, -0.05) is 0 Å². The van der Waals surface area contributed by atoms with Crippen LogP contribution in [-0.2, 0) is 4.74 Å². The fourth-order valence-corrected chi connectivity index (χ4v) is 2.70. The summed E-state index contributed by atoms with van der Waals surface area (Å²) in [6.45, 7) is 1.63. The Hall–Kier alpha value is -0.740. The average Bonchev–Trinajstić information content (AvgIpc) is 2.25. The number of benzene rings is 1. The van der Waals surface area contributed by atoms with E-state index in [1.807, 2.05) is 6.07 Å². The lowest BCUT2D eigenvalue weighted by Gasteiger charge is -2.21. The average molecular weight is 227 g/mol. The van der Waals surface area contributed by atoms with E-state index in [1.54, 1.807) is 17.8 Å². The molecule has 2 N–H and O–H groups in total. The number of halogens is 1. The van der Waals surface area contributed by atoms with Crippen molar-refractivity contribution in [2.45, 2.75) is 23.0 Å². The van der Waals surface area contributed by atoms with Crippen LogP contribution in [0.5, 0.6) is 0 Å². The first-order valence-electron chi connectivity index (χ1n) is 5.05. The van der Waals surface area contributed by atoms with Crippen LogP contribution in [0.4, 0.5) is 10.1 Å². The number of anilines is 1. The molecule has 0 spiro atoms. The van der Waals surface area contributed by atoms with Gasteiger partial charge in [0, 0.05) is 23.4 Å². The van der Waals surface area contributed by atoms with Crippen molar-refractivity contribution in [2.24, 2.45) is 0 Å². The first-order chi connectivity index (χ1) is 7.25. The lowest BCUT2D eigenvalue weighted by atomic mass is 10.2. The van der Waals surface area contributed by atoms with E-state index in [2.05, 4.69) is 0 Å². The number of rotatable bonds is 2. The summed E-state index contributed by atoms with van der Waals surface area (Å²) in [5, 5.41) is 0.543. The summed E-state index contributed by atoms with van der Waals surface area (Å²) in [5.41, 5.74) is 5.63. The van der Waals surface area contributed by atoms with Crippen LogP contribution in [0.25, 0.3) is 0 Å². The highest BCUT2D eigenvalue weighted by atomic mass is 32.2. The number of thioether (sulfide) groups is 1. The Labute approximate surface area is 93.0 Å². The van der Waals surface area contributed by atoms with Gasteiger partial charge in [0.1, 0.15) is 5.82 Å². The maximum atomic E-state index is 13.2. The molecule has 2 nitrogen and oxygen atoms in total. The third-order valence-corrected chi connectivity index (χ3v) is 3.77. The molecular weight excluding hydrogens is 213 g/mol. The molecule has 15 heavy (non-hydrogen) atoms. The number of nitrogen functional groups attached to an aromatic ring is 1. The summed E-state index contributed by atoms with van der Waals surface area (Å²) < 4.78 is 18.4. The van der Waals surface area contributed by atoms with E-state index in [0.717, 1.165) is 31.0 Å². The quantitative estimate of drug-likeness (QED) is 0.789. The summed E-state index contributed by atoms with van der Waals surface area (Å²) >= 11 is 1.71. The Morgan fingerprint density at radius 3 is 2.73 bits per heavy atom. The van der Waals surface area contributed by atoms with Crippen LogP contribution in [0.2, 0.25) is 0 Å². The molecule has 0 aromatic heterocycles. The minimum absolute atomic E-state index is 0.214. The van der Waals surface area contributed by atoms with Gasteiger partial charge in [-0.05, 0) is 31.0 Å². The molecule has 4 heteroatoms. The molecule has 2 rings (SSSR count). The predicted octanol–water partition coefficient (Wildman–Crippen LogP) is 2.68. The fraction of sp³-hybridized carbons (Fsp3) is 0.455. The minimum Gasteiger partial charge on any atom is -0.396 e. The van der Waals surface area contributed by atoms with Crippen LogP contribution in [-0.4, -0.2) is 18.5 Å². The Kier molecular flexibility index (Phi) is 3.49. The molecule has 0 radical (unpaired) electrons. The molecule has 1 saturated heterocycles. The third-order valence-electron chi connectivity index (χ3n) is 2.44. The van der Waals surface area contributed by atoms with Crippen LogP contribution >= 0.6 is 11.8 Å². The van der Waals surface area contributed by atoms with Gasteiger partial charge in [0.15, 0.2) is 0 Å². The molecule has 1 aliphatic rings. The highest BCUT2D eigenvalue weighted by Crippen LogP contribution is 2.30. The topological polar surface area (TPSA) is 35.2 Å². The molecule has 0 amide bonds. The van der Waals surface area contributed by atoms with E-state index in [4.69, 9.17) is 10.5 Å². The van der Waals surface area contributed by atoms with Crippen molar-refractivity contribution < 1.29 is 9.13 Å². The van der Waals surface area contributed by atoms with Crippen molar-refractivity contribution in [1.29, 1.82) is 0 Å². The Morgan fingerprint density at radius 2 is 2.07 bits per heavy atom. The first-order valence-corrected chi connectivity index (χ1v) is 5.93. The molecule has 1 aromatic carbocycles. The van der Waals surface area contributed by atoms with Crippen molar-refractivity contribution in [3.63, 3.8) is 0 Å². The van der Waals surface area contributed by atoms with Gasteiger partial charge in [0.2, 0.25) is 0 Å². The second kappa shape index (κ2) is 4.86. The highest BCUT2D eigenvalue weighted by molar-refractivity contribution is 8.00. The zero-order valence-electron chi connectivity index (χ0n) is 8.41. The molecule has 0 atom stereocenters. The predicted molar refractivity (Wildman–Crippen MR) is 60.5 cm³/mol. The summed E-state index contributed by atoms with van der Waals surface area (Å²) in [5.74, 6) is -0.327. The number of hydrogen-bond donors (Lipinski definition) is 1. The number of ether oxygens (including phenoxy) is 1. The van der Waals surface area contributed by atoms with Gasteiger partial charge in [-0.25, -0.2) is 4.39 Å². The van der Waals surface area contributed by atoms with Gasteiger partial charge in [0.05, 0.1) is 5.69 Å². The van der Waals surface area contributed by atoms with Crippen LogP contribution in [0, 0.1) is 5.82 Å². The van der Waals surface area contributed by atoms with Gasteiger partial charge >= 0.3 is 0 Å². The van der Waals surface area contributed by atoms with E-state index >= 15 is 0 Å². The molecule has 0 unspecified atom stereocenters. The smallest absolute Gasteiger partial charge is 0.147 e. The SMILES string of the molecule is Nc1ccc(SC2CCOCC2)cc1F. The maximum absolute atomic E-state index is 13.2. The zero-order chi connectivity index (χ0) is 10.7. The van der Waals surface area contributed by atoms with Crippen LogP contribution in [0.3, 0.4) is 0 Å². The van der Waals surface area contributed by atoms with Gasteiger partial charge in [0.25, 0.3) is 0 Å². The lowest BCUT2D eigenvalue weighted by Crippen LogP contribution is -2.17. The van der Waals surface area contributed by atoms with Crippen LogP contribution < -0.4 is 5.73 Å². The molecule has 1 fully saturated rings. The Morgan fingerprint density at radius 1 is 1.33 bits per heavy atom. The maximum Gasteiger partial charge on any atom is 0.147 e. The number of nitrogens with two attached hydrogens (primary N) is 1. The van der Waals surface area contributed by atoms with Crippen LogP contribution in [0.1, 0.15) is 12.8 Å². The van der Waals surface area contributed by atoms with Gasteiger partial charge < -0.3 is 10.5 Å². The molecule has 82 valence electrons. The van der Waals surface area contributed by atoms with Crippen molar-refractivity contribution in [2.75, 3.05) is 18.9 Å². The van der Waals surface area contributed by atoms with Crippen molar-refractivity contribution in [1.82, 2.24) is 0 Å². The number of hydrogen-bond acceptors (Lipinski definition) is 3. The molecule has 0 saturated carbocycles. The fourth-order valence-electron chi connectivity index (χ4n) is 1.57. The van der Waals surface area contributed by atoms with E-state index in [-0.39, 0.29) is 11.5 Å².